The summed E-state index contributed by atoms with van der Waals surface area (Å²) >= 11 is 0. The molecule has 0 bridgehead atoms. The van der Waals surface area contributed by atoms with Crippen molar-refractivity contribution in [2.45, 2.75) is 75.9 Å². The highest BCUT2D eigenvalue weighted by Crippen LogP contribution is 2.44. The average Bonchev–Trinajstić information content (AvgIpc) is 2.64. The molecule has 0 aromatic rings. The maximum atomic E-state index is 12.3. The van der Waals surface area contributed by atoms with Crippen LogP contribution in [0.5, 0.6) is 0 Å². The first kappa shape index (κ1) is 19.0. The molecule has 2 heterocycles. The Kier molecular flexibility index (Phi) is 5.40. The van der Waals surface area contributed by atoms with Crippen LogP contribution in [0.4, 0.5) is 0 Å². The molecule has 1 unspecified atom stereocenters. The number of nitrogens with zero attached hydrogens (tertiary/aromatic N) is 1. The summed E-state index contributed by atoms with van der Waals surface area (Å²) in [4.78, 5) is 0. The third-order valence-electron chi connectivity index (χ3n) is 5.13. The van der Waals surface area contributed by atoms with Gasteiger partial charge in [0.15, 0.2) is 6.29 Å². The van der Waals surface area contributed by atoms with Crippen molar-refractivity contribution >= 4 is 0 Å². The van der Waals surface area contributed by atoms with E-state index in [1.807, 2.05) is 27.7 Å². The molecule has 4 N–H and O–H groups in total. The van der Waals surface area contributed by atoms with E-state index >= 15 is 0 Å². The molecule has 6 atom stereocenters. The molecule has 8 nitrogen and oxygen atoms in total. The summed E-state index contributed by atoms with van der Waals surface area (Å²) in [6.07, 6.45) is -5.83. The molecular weight excluding hydrogens is 306 g/mol. The standard InChI is InChI=1S/C15H28NO7/c1-14(2)5-8(15(3,4)16(14)21)7-22-13-12(20)11(19)10(18)9(6-17)23-13/h8-13,17-20H,5-7H2,1-4H3/t8?,9-,10+,11+,12-,13-/m1/s1. The van der Waals surface area contributed by atoms with Crippen LogP contribution >= 0.6 is 0 Å². The zero-order chi connectivity index (χ0) is 17.6. The summed E-state index contributed by atoms with van der Waals surface area (Å²) in [5, 5.41) is 52.0. The van der Waals surface area contributed by atoms with E-state index < -0.39 is 48.4 Å². The summed E-state index contributed by atoms with van der Waals surface area (Å²) in [6, 6.07) is 0. The number of rotatable bonds is 4. The van der Waals surface area contributed by atoms with Crippen LogP contribution in [0.15, 0.2) is 0 Å². The Balaban J connectivity index is 2.00. The van der Waals surface area contributed by atoms with Crippen LogP contribution in [-0.2, 0) is 14.7 Å². The lowest BCUT2D eigenvalue weighted by Crippen LogP contribution is -2.59. The molecule has 2 aliphatic heterocycles. The van der Waals surface area contributed by atoms with E-state index in [9.17, 15) is 20.5 Å². The third-order valence-corrected chi connectivity index (χ3v) is 5.13. The Morgan fingerprint density at radius 1 is 1.13 bits per heavy atom. The Morgan fingerprint density at radius 2 is 1.74 bits per heavy atom. The lowest BCUT2D eigenvalue weighted by atomic mass is 9.88. The van der Waals surface area contributed by atoms with E-state index in [2.05, 4.69) is 0 Å². The fraction of sp³-hybridized carbons (Fsp3) is 1.00. The predicted molar refractivity (Wildman–Crippen MR) is 78.5 cm³/mol. The van der Waals surface area contributed by atoms with Crippen LogP contribution in [-0.4, -0.2) is 80.5 Å². The number of aliphatic hydroxyl groups is 4. The molecule has 0 aromatic heterocycles. The normalized spacial score (nSPS) is 43.7. The Hall–Kier alpha value is -0.320. The lowest BCUT2D eigenvalue weighted by Gasteiger charge is -2.40. The van der Waals surface area contributed by atoms with Crippen LogP contribution < -0.4 is 0 Å². The van der Waals surface area contributed by atoms with E-state index in [0.29, 0.717) is 6.42 Å². The molecule has 0 aliphatic carbocycles. The number of hydrogen-bond acceptors (Lipinski definition) is 7. The van der Waals surface area contributed by atoms with Gasteiger partial charge in [-0.25, -0.2) is 0 Å². The number of ether oxygens (including phenoxy) is 2. The van der Waals surface area contributed by atoms with Gasteiger partial charge in [0.2, 0.25) is 0 Å². The molecule has 0 spiro atoms. The Morgan fingerprint density at radius 3 is 2.22 bits per heavy atom. The van der Waals surface area contributed by atoms with Crippen LogP contribution in [0.1, 0.15) is 34.1 Å². The molecule has 23 heavy (non-hydrogen) atoms. The van der Waals surface area contributed by atoms with E-state index in [1.165, 1.54) is 0 Å². The molecule has 135 valence electrons. The van der Waals surface area contributed by atoms with Crippen molar-refractivity contribution in [1.29, 1.82) is 0 Å². The molecule has 0 saturated carbocycles. The minimum Gasteiger partial charge on any atom is -0.394 e. The highest BCUT2D eigenvalue weighted by atomic mass is 16.7. The monoisotopic (exact) mass is 334 g/mol. The number of hydrogen-bond donors (Lipinski definition) is 4. The fourth-order valence-corrected chi connectivity index (χ4v) is 3.56. The van der Waals surface area contributed by atoms with Crippen LogP contribution in [0.25, 0.3) is 0 Å². The molecule has 2 saturated heterocycles. The Labute approximate surface area is 136 Å². The Bertz CT molecular complexity index is 415. The van der Waals surface area contributed by atoms with Crippen molar-refractivity contribution in [2.75, 3.05) is 13.2 Å². The lowest BCUT2D eigenvalue weighted by molar-refractivity contribution is -0.305. The van der Waals surface area contributed by atoms with E-state index in [4.69, 9.17) is 14.6 Å². The highest BCUT2D eigenvalue weighted by Gasteiger charge is 2.53. The van der Waals surface area contributed by atoms with Gasteiger partial charge in [0, 0.05) is 17.0 Å². The molecule has 2 rings (SSSR count). The number of hydroxylamine groups is 2. The van der Waals surface area contributed by atoms with E-state index in [1.54, 1.807) is 0 Å². The quantitative estimate of drug-likeness (QED) is 0.521. The summed E-state index contributed by atoms with van der Waals surface area (Å²) in [7, 11) is 0. The van der Waals surface area contributed by atoms with E-state index in [-0.39, 0.29) is 12.5 Å². The first-order valence-corrected chi connectivity index (χ1v) is 7.92. The molecule has 8 heteroatoms. The topological polar surface area (TPSA) is 123 Å². The molecule has 0 amide bonds. The minimum absolute atomic E-state index is 0.0811. The largest absolute Gasteiger partial charge is 0.394 e. The van der Waals surface area contributed by atoms with Crippen molar-refractivity contribution in [2.24, 2.45) is 5.92 Å². The summed E-state index contributed by atoms with van der Waals surface area (Å²) in [6.45, 7) is 7.09. The maximum Gasteiger partial charge on any atom is 0.186 e. The minimum atomic E-state index is -1.46. The second kappa shape index (κ2) is 6.53. The SMILES string of the molecule is CC1(C)CC(CO[C@@H]2O[C@H](CO)[C@H](O)[C@H](O)[C@H]2O)C(C)(C)N1[O]. The van der Waals surface area contributed by atoms with Crippen LogP contribution in [0, 0.1) is 5.92 Å². The first-order chi connectivity index (χ1) is 10.5. The summed E-state index contributed by atoms with van der Waals surface area (Å²) in [5.74, 6) is -0.0811. The van der Waals surface area contributed by atoms with Gasteiger partial charge in [-0.1, -0.05) is 0 Å². The van der Waals surface area contributed by atoms with E-state index in [0.717, 1.165) is 5.06 Å². The van der Waals surface area contributed by atoms with Gasteiger partial charge in [-0.05, 0) is 34.1 Å². The van der Waals surface area contributed by atoms with Gasteiger partial charge in [0.05, 0.1) is 13.2 Å². The van der Waals surface area contributed by atoms with Gasteiger partial charge in [-0.15, -0.1) is 10.3 Å². The maximum absolute atomic E-state index is 12.3. The summed E-state index contributed by atoms with van der Waals surface area (Å²) in [5.41, 5.74) is -1.13. The first-order valence-electron chi connectivity index (χ1n) is 7.92. The van der Waals surface area contributed by atoms with Crippen molar-refractivity contribution in [3.05, 3.63) is 0 Å². The molecule has 2 aliphatic rings. The van der Waals surface area contributed by atoms with Gasteiger partial charge in [0.1, 0.15) is 24.4 Å². The summed E-state index contributed by atoms with van der Waals surface area (Å²) < 4.78 is 10.9. The fourth-order valence-electron chi connectivity index (χ4n) is 3.56. The smallest absolute Gasteiger partial charge is 0.186 e. The van der Waals surface area contributed by atoms with Crippen molar-refractivity contribution in [1.82, 2.24) is 5.06 Å². The second-order valence-electron chi connectivity index (χ2n) is 7.69. The second-order valence-corrected chi connectivity index (χ2v) is 7.69. The molecular formula is C15H28NO7. The van der Waals surface area contributed by atoms with Gasteiger partial charge in [-0.2, -0.15) is 0 Å². The van der Waals surface area contributed by atoms with Gasteiger partial charge < -0.3 is 29.9 Å². The highest BCUT2D eigenvalue weighted by molar-refractivity contribution is 5.02. The molecule has 1 radical (unpaired) electrons. The predicted octanol–water partition coefficient (Wildman–Crippen LogP) is -0.972. The van der Waals surface area contributed by atoms with Crippen LogP contribution in [0.3, 0.4) is 0 Å². The van der Waals surface area contributed by atoms with Gasteiger partial charge >= 0.3 is 0 Å². The van der Waals surface area contributed by atoms with Gasteiger partial charge in [0.25, 0.3) is 0 Å². The molecule has 0 aromatic carbocycles. The van der Waals surface area contributed by atoms with Crippen molar-refractivity contribution < 1.29 is 35.1 Å². The zero-order valence-electron chi connectivity index (χ0n) is 14.0. The zero-order valence-corrected chi connectivity index (χ0v) is 14.0. The van der Waals surface area contributed by atoms with Crippen LogP contribution in [0.2, 0.25) is 0 Å². The molecule has 2 fully saturated rings. The van der Waals surface area contributed by atoms with Gasteiger partial charge in [-0.3, -0.25) is 0 Å². The average molecular weight is 334 g/mol. The van der Waals surface area contributed by atoms with Crippen molar-refractivity contribution in [3.8, 4) is 0 Å². The van der Waals surface area contributed by atoms with Crippen molar-refractivity contribution in [3.63, 3.8) is 0 Å². The number of aliphatic hydroxyl groups excluding tert-OH is 4. The third kappa shape index (κ3) is 3.40.